The average molecular weight is 937 g/mol. The minimum Gasteiger partial charge on any atom is -0.756 e. The topological polar surface area (TPSA) is 108 Å². The SMILES string of the molecule is CC/C=C\C/C=C\C/C=C\C/C=C\C/C=C\C/C=C\C/C=C\C/C=C\CCCCCCCCCCCCCCC(=O)NC(COP(=O)([O-])OCC[N+](C)(C)C)C(O)/C=C/CC/C=C/CCC. The third kappa shape index (κ3) is 48.8. The summed E-state index contributed by atoms with van der Waals surface area (Å²) in [5.74, 6) is -0.221. The molecule has 8 nitrogen and oxygen atoms in total. The zero-order valence-corrected chi connectivity index (χ0v) is 43.5. The van der Waals surface area contributed by atoms with E-state index in [0.717, 1.165) is 96.3 Å². The molecule has 0 aromatic carbocycles. The molecule has 0 spiro atoms. The first-order valence-electron chi connectivity index (χ1n) is 25.9. The summed E-state index contributed by atoms with van der Waals surface area (Å²) in [6, 6.07) is -0.908. The number of amides is 1. The molecule has 0 fully saturated rings. The maximum Gasteiger partial charge on any atom is 0.268 e. The van der Waals surface area contributed by atoms with E-state index in [4.69, 9.17) is 9.05 Å². The Morgan fingerprint density at radius 2 is 0.939 bits per heavy atom. The summed E-state index contributed by atoms with van der Waals surface area (Å²) in [7, 11) is 1.22. The van der Waals surface area contributed by atoms with Gasteiger partial charge in [-0.25, -0.2) is 0 Å². The Morgan fingerprint density at radius 1 is 0.545 bits per heavy atom. The summed E-state index contributed by atoms with van der Waals surface area (Å²) in [5.41, 5.74) is 0. The van der Waals surface area contributed by atoms with Crippen LogP contribution in [-0.4, -0.2) is 68.5 Å². The van der Waals surface area contributed by atoms with Crippen molar-refractivity contribution in [1.82, 2.24) is 5.32 Å². The number of phosphoric acid groups is 1. The van der Waals surface area contributed by atoms with Gasteiger partial charge in [-0.15, -0.1) is 0 Å². The standard InChI is InChI=1S/C57H97N2O6P/c1-6-8-10-12-14-15-16-17-18-19-20-21-22-23-24-25-26-27-28-29-30-31-32-33-34-35-36-37-38-39-40-41-42-43-45-47-49-51-57(61)58-55(56(60)50-48-46-44-13-11-9-7-2)54-65-66(62,63)64-53-52-59(3,4)5/h8,10-11,13-15,17-18,20-21,23-24,26-27,29-30,32-33,48,50,55-56,60H,6-7,9,12,16,19,22,25,28,31,34-47,49,51-54H2,1-5H3,(H-,58,61,62,63)/b10-8-,13-11+,15-14-,18-17-,21-20-,24-23-,27-26-,30-29-,33-32-,50-48+. The lowest BCUT2D eigenvalue weighted by Crippen LogP contribution is -2.45. The van der Waals surface area contributed by atoms with Gasteiger partial charge in [0.2, 0.25) is 5.91 Å². The van der Waals surface area contributed by atoms with Gasteiger partial charge in [-0.2, -0.15) is 0 Å². The molecule has 0 aliphatic carbocycles. The van der Waals surface area contributed by atoms with Crippen LogP contribution in [0.2, 0.25) is 0 Å². The lowest BCUT2D eigenvalue weighted by Gasteiger charge is -2.29. The highest BCUT2D eigenvalue weighted by Crippen LogP contribution is 2.38. The summed E-state index contributed by atoms with van der Waals surface area (Å²) in [6.45, 7) is 4.37. The number of phosphoric ester groups is 1. The van der Waals surface area contributed by atoms with Gasteiger partial charge in [0.05, 0.1) is 39.9 Å². The molecule has 3 atom stereocenters. The van der Waals surface area contributed by atoms with Crippen LogP contribution in [0, 0.1) is 0 Å². The predicted octanol–water partition coefficient (Wildman–Crippen LogP) is 14.8. The number of allylic oxidation sites excluding steroid dienone is 19. The van der Waals surface area contributed by atoms with Crippen LogP contribution in [0.5, 0.6) is 0 Å². The Balaban J connectivity index is 3.98. The molecule has 66 heavy (non-hydrogen) atoms. The van der Waals surface area contributed by atoms with Crippen molar-refractivity contribution in [2.24, 2.45) is 0 Å². The van der Waals surface area contributed by atoms with E-state index < -0.39 is 26.6 Å². The lowest BCUT2D eigenvalue weighted by molar-refractivity contribution is -0.870. The van der Waals surface area contributed by atoms with Crippen LogP contribution in [0.4, 0.5) is 0 Å². The average Bonchev–Trinajstić information content (AvgIpc) is 3.28. The molecule has 0 rings (SSSR count). The van der Waals surface area contributed by atoms with Crippen molar-refractivity contribution in [3.8, 4) is 0 Å². The summed E-state index contributed by atoms with van der Waals surface area (Å²) in [6.07, 6.45) is 70.2. The molecule has 3 unspecified atom stereocenters. The number of likely N-dealkylation sites (N-methyl/N-ethyl adjacent to an activating group) is 1. The third-order valence-electron chi connectivity index (χ3n) is 10.6. The smallest absolute Gasteiger partial charge is 0.268 e. The van der Waals surface area contributed by atoms with Crippen LogP contribution in [0.25, 0.3) is 0 Å². The van der Waals surface area contributed by atoms with E-state index in [9.17, 15) is 19.4 Å². The van der Waals surface area contributed by atoms with E-state index in [2.05, 4.69) is 129 Å². The van der Waals surface area contributed by atoms with Gasteiger partial charge >= 0.3 is 0 Å². The van der Waals surface area contributed by atoms with Gasteiger partial charge in [-0.3, -0.25) is 9.36 Å². The number of hydrogen-bond acceptors (Lipinski definition) is 6. The molecular weight excluding hydrogens is 840 g/mol. The molecule has 0 saturated carbocycles. The van der Waals surface area contributed by atoms with Gasteiger partial charge in [-0.05, 0) is 89.9 Å². The van der Waals surface area contributed by atoms with E-state index >= 15 is 0 Å². The molecule has 0 bridgehead atoms. The first kappa shape index (κ1) is 62.9. The second-order valence-electron chi connectivity index (χ2n) is 18.1. The number of nitrogens with one attached hydrogen (secondary N) is 1. The summed E-state index contributed by atoms with van der Waals surface area (Å²) >= 11 is 0. The van der Waals surface area contributed by atoms with Crippen molar-refractivity contribution in [2.75, 3.05) is 40.9 Å². The van der Waals surface area contributed by atoms with E-state index in [1.165, 1.54) is 64.2 Å². The molecule has 0 saturated heterocycles. The summed E-state index contributed by atoms with van der Waals surface area (Å²) in [4.78, 5) is 25.2. The second-order valence-corrected chi connectivity index (χ2v) is 19.5. The van der Waals surface area contributed by atoms with E-state index in [1.807, 2.05) is 27.2 Å². The molecule has 0 aliphatic heterocycles. The van der Waals surface area contributed by atoms with Crippen molar-refractivity contribution in [3.05, 3.63) is 122 Å². The van der Waals surface area contributed by atoms with Crippen LogP contribution in [-0.2, 0) is 18.4 Å². The fourth-order valence-corrected chi connectivity index (χ4v) is 7.32. The summed E-state index contributed by atoms with van der Waals surface area (Å²) < 4.78 is 23.1. The number of aliphatic hydroxyl groups is 1. The molecule has 0 aromatic heterocycles. The fraction of sp³-hybridized carbons (Fsp3) is 0.632. The number of carbonyl (C=O) groups excluding carboxylic acids is 1. The van der Waals surface area contributed by atoms with Gasteiger partial charge < -0.3 is 28.8 Å². The van der Waals surface area contributed by atoms with Gasteiger partial charge in [0, 0.05) is 6.42 Å². The number of hydrogen-bond donors (Lipinski definition) is 2. The van der Waals surface area contributed by atoms with Crippen LogP contribution in [0.15, 0.2) is 122 Å². The largest absolute Gasteiger partial charge is 0.756 e. The first-order chi connectivity index (χ1) is 32.0. The number of unbranched alkanes of at least 4 members (excludes halogenated alkanes) is 14. The van der Waals surface area contributed by atoms with Crippen molar-refractivity contribution in [3.63, 3.8) is 0 Å². The normalized spacial score (nSPS) is 15.1. The zero-order chi connectivity index (χ0) is 48.5. The molecule has 1 amide bonds. The van der Waals surface area contributed by atoms with E-state index in [1.54, 1.807) is 6.08 Å². The Hall–Kier alpha value is -3.10. The molecule has 2 N–H and O–H groups in total. The van der Waals surface area contributed by atoms with Crippen LogP contribution in [0.3, 0.4) is 0 Å². The number of rotatable bonds is 45. The molecule has 0 aromatic rings. The highest BCUT2D eigenvalue weighted by atomic mass is 31.2. The van der Waals surface area contributed by atoms with Gasteiger partial charge in [0.1, 0.15) is 13.2 Å². The zero-order valence-electron chi connectivity index (χ0n) is 42.6. The van der Waals surface area contributed by atoms with Crippen LogP contribution in [0.1, 0.15) is 181 Å². The van der Waals surface area contributed by atoms with Gasteiger partial charge in [-0.1, -0.05) is 206 Å². The lowest BCUT2D eigenvalue weighted by atomic mass is 10.0. The quantitative estimate of drug-likeness (QED) is 0.0273. The number of quaternary nitrogens is 1. The molecule has 0 heterocycles. The number of nitrogens with zero attached hydrogens (tertiary/aromatic N) is 1. The van der Waals surface area contributed by atoms with Crippen LogP contribution >= 0.6 is 7.82 Å². The maximum absolute atomic E-state index is 12.8. The van der Waals surface area contributed by atoms with Crippen molar-refractivity contribution in [1.29, 1.82) is 0 Å². The van der Waals surface area contributed by atoms with Crippen LogP contribution < -0.4 is 10.2 Å². The molecule has 0 radical (unpaired) electrons. The Morgan fingerprint density at radius 3 is 1.39 bits per heavy atom. The van der Waals surface area contributed by atoms with E-state index in [-0.39, 0.29) is 12.5 Å². The number of carbonyl (C=O) groups is 1. The first-order valence-corrected chi connectivity index (χ1v) is 27.4. The highest BCUT2D eigenvalue weighted by Gasteiger charge is 2.23. The van der Waals surface area contributed by atoms with E-state index in [0.29, 0.717) is 17.4 Å². The molecular formula is C57H97N2O6P. The predicted molar refractivity (Wildman–Crippen MR) is 283 cm³/mol. The number of aliphatic hydroxyl groups excluding tert-OH is 1. The van der Waals surface area contributed by atoms with Crippen molar-refractivity contribution < 1.29 is 32.9 Å². The minimum atomic E-state index is -4.59. The van der Waals surface area contributed by atoms with Crippen molar-refractivity contribution >= 4 is 13.7 Å². The minimum absolute atomic E-state index is 0.0128. The van der Waals surface area contributed by atoms with Gasteiger partial charge in [0.15, 0.2) is 0 Å². The second kappa shape index (κ2) is 47.0. The molecule has 376 valence electrons. The highest BCUT2D eigenvalue weighted by molar-refractivity contribution is 7.45. The monoisotopic (exact) mass is 937 g/mol. The van der Waals surface area contributed by atoms with Gasteiger partial charge in [0.25, 0.3) is 7.82 Å². The maximum atomic E-state index is 12.8. The Kier molecular flexibility index (Phi) is 44.8. The Bertz CT molecular complexity index is 1480. The molecule has 9 heteroatoms. The summed E-state index contributed by atoms with van der Waals surface area (Å²) in [5, 5.41) is 13.6. The Labute approximate surface area is 405 Å². The third-order valence-corrected chi connectivity index (χ3v) is 11.6. The van der Waals surface area contributed by atoms with Crippen molar-refractivity contribution in [2.45, 2.75) is 193 Å². The fourth-order valence-electron chi connectivity index (χ4n) is 6.60. The molecule has 0 aliphatic rings.